The Morgan fingerprint density at radius 1 is 1.14 bits per heavy atom. The normalized spacial score (nSPS) is 11.5. The summed E-state index contributed by atoms with van der Waals surface area (Å²) < 4.78 is 13.2. The van der Waals surface area contributed by atoms with E-state index in [9.17, 15) is 0 Å². The number of rotatable bonds is 10. The molecule has 8 heteroatoms. The number of guanidine groups is 1. The molecule has 0 saturated carbocycles. The van der Waals surface area contributed by atoms with E-state index in [-0.39, 0.29) is 0 Å². The van der Waals surface area contributed by atoms with Gasteiger partial charge in [0.25, 0.3) is 0 Å². The first-order valence-corrected chi connectivity index (χ1v) is 9.72. The van der Waals surface area contributed by atoms with Crippen molar-refractivity contribution in [1.82, 2.24) is 25.4 Å². The maximum absolute atomic E-state index is 5.90. The van der Waals surface area contributed by atoms with Crippen molar-refractivity contribution < 1.29 is 9.47 Å². The summed E-state index contributed by atoms with van der Waals surface area (Å²) in [6, 6.07) is 6.17. The quantitative estimate of drug-likeness (QED) is 0.368. The Labute approximate surface area is 167 Å². The van der Waals surface area contributed by atoms with E-state index in [0.29, 0.717) is 32.9 Å². The van der Waals surface area contributed by atoms with Crippen LogP contribution in [0.15, 0.2) is 23.2 Å². The van der Waals surface area contributed by atoms with Gasteiger partial charge in [0.05, 0.1) is 19.7 Å². The third-order valence-corrected chi connectivity index (χ3v) is 4.26. The zero-order chi connectivity index (χ0) is 20.4. The summed E-state index contributed by atoms with van der Waals surface area (Å²) in [5.41, 5.74) is 2.19. The molecule has 0 unspecified atom stereocenters. The molecule has 0 radical (unpaired) electrons. The monoisotopic (exact) mass is 388 g/mol. The zero-order valence-electron chi connectivity index (χ0n) is 17.6. The Morgan fingerprint density at radius 3 is 2.64 bits per heavy atom. The number of ether oxygens (including phenoxy) is 2. The Balaban J connectivity index is 2.03. The predicted molar refractivity (Wildman–Crippen MR) is 111 cm³/mol. The number of hydrogen-bond donors (Lipinski definition) is 2. The minimum atomic E-state index is 0.511. The minimum Gasteiger partial charge on any atom is -0.491 e. The second kappa shape index (κ2) is 11.3. The molecular weight excluding hydrogens is 356 g/mol. The largest absolute Gasteiger partial charge is 0.491 e. The molecule has 0 amide bonds. The maximum atomic E-state index is 5.90. The van der Waals surface area contributed by atoms with Crippen LogP contribution in [0.1, 0.15) is 36.6 Å². The molecular formula is C20H32N6O2. The van der Waals surface area contributed by atoms with Gasteiger partial charge in [0, 0.05) is 25.8 Å². The summed E-state index contributed by atoms with van der Waals surface area (Å²) in [6.45, 7) is 11.6. The smallest absolute Gasteiger partial charge is 0.191 e. The summed E-state index contributed by atoms with van der Waals surface area (Å²) in [6.07, 6.45) is 0. The van der Waals surface area contributed by atoms with Crippen molar-refractivity contribution in [2.24, 2.45) is 12.0 Å². The maximum Gasteiger partial charge on any atom is 0.191 e. The van der Waals surface area contributed by atoms with Gasteiger partial charge in [0.15, 0.2) is 11.8 Å². The molecule has 8 nitrogen and oxygen atoms in total. The fraction of sp³-hybridized carbons (Fsp3) is 0.550. The van der Waals surface area contributed by atoms with Gasteiger partial charge in [-0.15, -0.1) is 10.2 Å². The second-order valence-electron chi connectivity index (χ2n) is 6.43. The lowest BCUT2D eigenvalue weighted by Crippen LogP contribution is -2.37. The highest BCUT2D eigenvalue weighted by molar-refractivity contribution is 5.79. The van der Waals surface area contributed by atoms with Gasteiger partial charge in [-0.3, -0.25) is 0 Å². The fourth-order valence-electron chi connectivity index (χ4n) is 2.56. The van der Waals surface area contributed by atoms with Crippen LogP contribution in [0.3, 0.4) is 0 Å². The number of aryl methyl sites for hydroxylation is 2. The minimum absolute atomic E-state index is 0.511. The van der Waals surface area contributed by atoms with Gasteiger partial charge < -0.3 is 24.7 Å². The third kappa shape index (κ3) is 6.53. The van der Waals surface area contributed by atoms with Crippen molar-refractivity contribution >= 4 is 5.96 Å². The molecule has 1 heterocycles. The van der Waals surface area contributed by atoms with Crippen molar-refractivity contribution in [3.05, 3.63) is 41.0 Å². The molecule has 28 heavy (non-hydrogen) atoms. The van der Waals surface area contributed by atoms with Crippen molar-refractivity contribution in [2.75, 3.05) is 26.4 Å². The Morgan fingerprint density at radius 2 is 1.96 bits per heavy atom. The molecule has 154 valence electrons. The van der Waals surface area contributed by atoms with Gasteiger partial charge in [-0.1, -0.05) is 12.1 Å². The van der Waals surface area contributed by atoms with Gasteiger partial charge in [0.2, 0.25) is 0 Å². The second-order valence-corrected chi connectivity index (χ2v) is 6.43. The Hall–Kier alpha value is -2.61. The van der Waals surface area contributed by atoms with Crippen LogP contribution in [0.4, 0.5) is 0 Å². The molecule has 0 aliphatic rings. The molecule has 0 bridgehead atoms. The number of nitrogens with one attached hydrogen (secondary N) is 2. The van der Waals surface area contributed by atoms with Gasteiger partial charge in [-0.2, -0.15) is 0 Å². The van der Waals surface area contributed by atoms with Gasteiger partial charge in [-0.25, -0.2) is 4.99 Å². The van der Waals surface area contributed by atoms with Crippen LogP contribution in [0.5, 0.6) is 5.75 Å². The molecule has 0 spiro atoms. The van der Waals surface area contributed by atoms with Crippen LogP contribution in [0, 0.1) is 13.8 Å². The first-order valence-electron chi connectivity index (χ1n) is 9.72. The molecule has 0 saturated heterocycles. The third-order valence-electron chi connectivity index (χ3n) is 4.26. The van der Waals surface area contributed by atoms with Gasteiger partial charge in [0.1, 0.15) is 18.2 Å². The summed E-state index contributed by atoms with van der Waals surface area (Å²) in [5, 5.41) is 14.8. The van der Waals surface area contributed by atoms with Gasteiger partial charge in [-0.05, 0) is 39.3 Å². The van der Waals surface area contributed by atoms with Crippen LogP contribution in [0.25, 0.3) is 0 Å². The molecule has 2 N–H and O–H groups in total. The first kappa shape index (κ1) is 21.7. The summed E-state index contributed by atoms with van der Waals surface area (Å²) in [5.74, 6) is 3.32. The summed E-state index contributed by atoms with van der Waals surface area (Å²) in [7, 11) is 1.95. The van der Waals surface area contributed by atoms with E-state index in [1.807, 2.05) is 38.5 Å². The van der Waals surface area contributed by atoms with E-state index >= 15 is 0 Å². The van der Waals surface area contributed by atoms with E-state index < -0.39 is 0 Å². The Bertz CT molecular complexity index is 772. The molecule has 1 aromatic heterocycles. The van der Waals surface area contributed by atoms with Crippen LogP contribution in [-0.4, -0.2) is 47.1 Å². The first-order chi connectivity index (χ1) is 13.5. The lowest BCUT2D eigenvalue weighted by molar-refractivity contribution is 0.110. The van der Waals surface area contributed by atoms with Crippen molar-refractivity contribution in [1.29, 1.82) is 0 Å². The predicted octanol–water partition coefficient (Wildman–Crippen LogP) is 2.10. The molecule has 0 aliphatic carbocycles. The SMILES string of the molecule is CCNC(=NCc1ccc(C)cc1OCCOCC)NCc1nnc(C)n1C. The highest BCUT2D eigenvalue weighted by Crippen LogP contribution is 2.21. The van der Waals surface area contributed by atoms with Crippen LogP contribution in [0.2, 0.25) is 0 Å². The topological polar surface area (TPSA) is 85.6 Å². The molecule has 2 aromatic rings. The number of hydrogen-bond acceptors (Lipinski definition) is 5. The molecule has 1 aromatic carbocycles. The molecule has 2 rings (SSSR count). The average Bonchev–Trinajstić information content (AvgIpc) is 3.00. The van der Waals surface area contributed by atoms with Crippen molar-refractivity contribution in [2.45, 2.75) is 40.8 Å². The van der Waals surface area contributed by atoms with E-state index in [2.05, 4.69) is 39.9 Å². The van der Waals surface area contributed by atoms with Crippen LogP contribution < -0.4 is 15.4 Å². The molecule has 0 aliphatic heterocycles. The fourth-order valence-corrected chi connectivity index (χ4v) is 2.56. The number of aliphatic imine (C=N–C) groups is 1. The van der Waals surface area contributed by atoms with Gasteiger partial charge >= 0.3 is 0 Å². The van der Waals surface area contributed by atoms with E-state index in [1.165, 1.54) is 0 Å². The lowest BCUT2D eigenvalue weighted by atomic mass is 10.1. The van der Waals surface area contributed by atoms with Crippen LogP contribution >= 0.6 is 0 Å². The molecule has 0 atom stereocenters. The van der Waals surface area contributed by atoms with E-state index in [4.69, 9.17) is 14.5 Å². The zero-order valence-corrected chi connectivity index (χ0v) is 17.6. The summed E-state index contributed by atoms with van der Waals surface area (Å²) >= 11 is 0. The number of nitrogens with zero attached hydrogens (tertiary/aromatic N) is 4. The van der Waals surface area contributed by atoms with Crippen molar-refractivity contribution in [3.63, 3.8) is 0 Å². The molecule has 0 fully saturated rings. The number of aromatic nitrogens is 3. The standard InChI is InChI=1S/C20H32N6O2/c1-6-21-20(23-14-19-25-24-16(4)26(19)5)22-13-17-9-8-15(3)12-18(17)28-11-10-27-7-2/h8-9,12H,6-7,10-11,13-14H2,1-5H3,(H2,21,22,23). The lowest BCUT2D eigenvalue weighted by Gasteiger charge is -2.13. The van der Waals surface area contributed by atoms with Crippen molar-refractivity contribution in [3.8, 4) is 5.75 Å². The van der Waals surface area contributed by atoms with Crippen LogP contribution in [-0.2, 0) is 24.9 Å². The number of benzene rings is 1. The van der Waals surface area contributed by atoms with E-state index in [1.54, 1.807) is 0 Å². The summed E-state index contributed by atoms with van der Waals surface area (Å²) in [4.78, 5) is 4.70. The van der Waals surface area contributed by atoms with E-state index in [0.717, 1.165) is 41.0 Å². The average molecular weight is 389 g/mol. The highest BCUT2D eigenvalue weighted by Gasteiger charge is 2.08. The Kier molecular flexibility index (Phi) is 8.74. The highest BCUT2D eigenvalue weighted by atomic mass is 16.5.